The third kappa shape index (κ3) is 8.73. The molecule has 1 aromatic carbocycles. The molecule has 0 aliphatic carbocycles. The summed E-state index contributed by atoms with van der Waals surface area (Å²) in [6.07, 6.45) is -3.66. The van der Waals surface area contributed by atoms with Gasteiger partial charge in [-0.15, -0.1) is 11.6 Å². The molecular weight excluding hydrogens is 666 g/mol. The highest BCUT2D eigenvalue weighted by Gasteiger charge is 2.36. The van der Waals surface area contributed by atoms with Crippen LogP contribution >= 0.6 is 11.6 Å². The molecular formula is C36H46ClN5O8. The molecule has 0 fully saturated rings. The van der Waals surface area contributed by atoms with Crippen LogP contribution in [0.25, 0.3) is 33.3 Å². The summed E-state index contributed by atoms with van der Waals surface area (Å²) < 4.78 is 25.3. The molecule has 50 heavy (non-hydrogen) atoms. The van der Waals surface area contributed by atoms with Gasteiger partial charge in [-0.3, -0.25) is 0 Å². The first kappa shape index (κ1) is 38.2. The molecule has 0 aliphatic heterocycles. The maximum atomic E-state index is 13.9. The number of aromatic nitrogens is 4. The van der Waals surface area contributed by atoms with E-state index in [2.05, 4.69) is 4.98 Å². The number of aryl methyl sites for hydroxylation is 1. The molecule has 3 aromatic heterocycles. The molecule has 0 aliphatic rings. The SMILES string of the molecule is Cc1nc2c(-c3cc4cc(CCl)ccc4n3C(=O)OC(C)(C)C)cc(N(C(=O)OC(C)(C)C)C(=O)OC(C)(C)C)nc2n1C(=O)OC(C)(C)C. The molecule has 4 rings (SSSR count). The summed E-state index contributed by atoms with van der Waals surface area (Å²) in [4.78, 5) is 65.1. The lowest BCUT2D eigenvalue weighted by Gasteiger charge is -2.28. The Bertz CT molecular complexity index is 1960. The first-order valence-electron chi connectivity index (χ1n) is 16.1. The number of halogens is 1. The normalized spacial score (nSPS) is 12.6. The number of fused-ring (bicyclic) bond motifs is 2. The molecule has 4 aromatic rings. The summed E-state index contributed by atoms with van der Waals surface area (Å²) in [7, 11) is 0. The van der Waals surface area contributed by atoms with Gasteiger partial charge < -0.3 is 18.9 Å². The van der Waals surface area contributed by atoms with Gasteiger partial charge in [-0.1, -0.05) is 6.07 Å². The summed E-state index contributed by atoms with van der Waals surface area (Å²) in [6, 6.07) is 8.53. The van der Waals surface area contributed by atoms with Crippen molar-refractivity contribution in [1.29, 1.82) is 0 Å². The number of carbonyl (C=O) groups excluding carboxylic acids is 4. The van der Waals surface area contributed by atoms with E-state index < -0.39 is 46.8 Å². The molecule has 3 heterocycles. The second-order valence-corrected chi connectivity index (χ2v) is 16.1. The average molecular weight is 712 g/mol. The number of hydrogen-bond acceptors (Lipinski definition) is 10. The Balaban J connectivity index is 2.16. The van der Waals surface area contributed by atoms with Gasteiger partial charge in [0.2, 0.25) is 0 Å². The maximum absolute atomic E-state index is 13.9. The number of nitrogens with zero attached hydrogens (tertiary/aromatic N) is 5. The topological polar surface area (TPSA) is 144 Å². The number of anilines is 1. The number of ether oxygens (including phenoxy) is 4. The number of benzene rings is 1. The van der Waals surface area contributed by atoms with Crippen LogP contribution < -0.4 is 4.90 Å². The molecule has 0 spiro atoms. The fraction of sp³-hybridized carbons (Fsp3) is 0.500. The first-order chi connectivity index (χ1) is 22.8. The Morgan fingerprint density at radius 2 is 1.20 bits per heavy atom. The highest BCUT2D eigenvalue weighted by atomic mass is 35.5. The Morgan fingerprint density at radius 1 is 0.700 bits per heavy atom. The third-order valence-corrected chi connectivity index (χ3v) is 6.91. The Morgan fingerprint density at radius 3 is 1.68 bits per heavy atom. The van der Waals surface area contributed by atoms with Gasteiger partial charge in [-0.2, -0.15) is 4.90 Å². The second kappa shape index (κ2) is 13.2. The molecule has 0 saturated carbocycles. The minimum atomic E-state index is -1.08. The van der Waals surface area contributed by atoms with Gasteiger partial charge >= 0.3 is 24.4 Å². The van der Waals surface area contributed by atoms with Gasteiger partial charge in [0.25, 0.3) is 0 Å². The molecule has 14 heteroatoms. The predicted octanol–water partition coefficient (Wildman–Crippen LogP) is 9.34. The van der Waals surface area contributed by atoms with Crippen LogP contribution in [0.3, 0.4) is 0 Å². The zero-order valence-electron chi connectivity index (χ0n) is 31.0. The molecule has 270 valence electrons. The standard InChI is InChI=1S/C36H46ClN5O8/c1-20-38-27-23(25-17-22-16-21(19-37)14-15-24(22)41(25)30(44)48-34(5,6)7)18-26(39-28(27)40(20)29(43)47-33(2,3)4)42(31(45)49-35(8,9)10)32(46)50-36(11,12)13/h14-18H,19H2,1-13H3. The van der Waals surface area contributed by atoms with Crippen molar-refractivity contribution in [1.82, 2.24) is 19.1 Å². The van der Waals surface area contributed by atoms with Crippen LogP contribution in [0.5, 0.6) is 0 Å². The lowest BCUT2D eigenvalue weighted by atomic mass is 10.1. The number of rotatable bonds is 3. The summed E-state index contributed by atoms with van der Waals surface area (Å²) in [5.74, 6) is 0.168. The highest BCUT2D eigenvalue weighted by molar-refractivity contribution is 6.17. The largest absolute Gasteiger partial charge is 0.443 e. The van der Waals surface area contributed by atoms with Crippen molar-refractivity contribution >= 4 is 63.9 Å². The lowest BCUT2D eigenvalue weighted by Crippen LogP contribution is -2.44. The molecule has 13 nitrogen and oxygen atoms in total. The van der Waals surface area contributed by atoms with E-state index in [1.165, 1.54) is 10.6 Å². The summed E-state index contributed by atoms with van der Waals surface area (Å²) in [5, 5.41) is 0.648. The zero-order chi connectivity index (χ0) is 37.7. The number of alkyl halides is 1. The van der Waals surface area contributed by atoms with E-state index in [-0.39, 0.29) is 39.9 Å². The van der Waals surface area contributed by atoms with Crippen LogP contribution in [0.2, 0.25) is 0 Å². The van der Waals surface area contributed by atoms with E-state index in [0.29, 0.717) is 15.8 Å². The summed E-state index contributed by atoms with van der Waals surface area (Å²) in [6.45, 7) is 21.9. The van der Waals surface area contributed by atoms with Gasteiger partial charge in [0, 0.05) is 16.8 Å². The van der Waals surface area contributed by atoms with Gasteiger partial charge in [0.15, 0.2) is 11.5 Å². The quantitative estimate of drug-likeness (QED) is 0.149. The Kier molecular flexibility index (Phi) is 10.1. The van der Waals surface area contributed by atoms with Crippen LogP contribution in [0.4, 0.5) is 25.0 Å². The number of hydrogen-bond donors (Lipinski definition) is 0. The molecule has 0 atom stereocenters. The van der Waals surface area contributed by atoms with Crippen LogP contribution in [0, 0.1) is 6.92 Å². The van der Waals surface area contributed by atoms with Crippen molar-refractivity contribution in [2.75, 3.05) is 4.90 Å². The van der Waals surface area contributed by atoms with E-state index in [4.69, 9.17) is 35.5 Å². The molecule has 0 unspecified atom stereocenters. The zero-order valence-corrected chi connectivity index (χ0v) is 31.7. The fourth-order valence-electron chi connectivity index (χ4n) is 4.91. The minimum Gasteiger partial charge on any atom is -0.443 e. The van der Waals surface area contributed by atoms with Crippen molar-refractivity contribution in [3.05, 3.63) is 41.7 Å². The van der Waals surface area contributed by atoms with Crippen molar-refractivity contribution in [2.24, 2.45) is 0 Å². The second-order valence-electron chi connectivity index (χ2n) is 15.8. The smallest absolute Gasteiger partial charge is 0.425 e. The average Bonchev–Trinajstić information content (AvgIpc) is 3.45. The van der Waals surface area contributed by atoms with Gasteiger partial charge in [-0.25, -0.2) is 38.3 Å². The number of pyridine rings is 1. The van der Waals surface area contributed by atoms with Crippen molar-refractivity contribution in [3.8, 4) is 11.3 Å². The lowest BCUT2D eigenvalue weighted by molar-refractivity contribution is 0.0425. The number of carbonyl (C=O) groups is 4. The molecule has 0 saturated heterocycles. The molecule has 0 radical (unpaired) electrons. The Hall–Kier alpha value is -4.65. The highest BCUT2D eigenvalue weighted by Crippen LogP contribution is 2.37. The van der Waals surface area contributed by atoms with Crippen LogP contribution in [-0.2, 0) is 24.8 Å². The predicted molar refractivity (Wildman–Crippen MR) is 191 cm³/mol. The van der Waals surface area contributed by atoms with E-state index in [9.17, 15) is 19.2 Å². The first-order valence-corrected chi connectivity index (χ1v) is 16.7. The van der Waals surface area contributed by atoms with Crippen LogP contribution in [0.1, 0.15) is 94.5 Å². The number of amides is 2. The number of imidazole rings is 1. The molecule has 0 N–H and O–H groups in total. The third-order valence-electron chi connectivity index (χ3n) is 6.60. The van der Waals surface area contributed by atoms with Crippen molar-refractivity contribution in [2.45, 2.75) is 118 Å². The van der Waals surface area contributed by atoms with Crippen LogP contribution in [0.15, 0.2) is 30.3 Å². The molecule has 0 bridgehead atoms. The fourth-order valence-corrected chi connectivity index (χ4v) is 5.07. The van der Waals surface area contributed by atoms with Crippen LogP contribution in [-0.4, -0.2) is 65.9 Å². The summed E-state index contributed by atoms with van der Waals surface area (Å²) in [5.41, 5.74) is -1.84. The number of imide groups is 1. The Labute approximate surface area is 296 Å². The van der Waals surface area contributed by atoms with E-state index >= 15 is 0 Å². The van der Waals surface area contributed by atoms with E-state index in [1.807, 2.05) is 6.07 Å². The van der Waals surface area contributed by atoms with E-state index in [1.54, 1.807) is 108 Å². The van der Waals surface area contributed by atoms with Crippen molar-refractivity contribution in [3.63, 3.8) is 0 Å². The van der Waals surface area contributed by atoms with Crippen molar-refractivity contribution < 1.29 is 38.1 Å². The van der Waals surface area contributed by atoms with Gasteiger partial charge in [0.05, 0.1) is 11.2 Å². The molecule has 2 amide bonds. The summed E-state index contributed by atoms with van der Waals surface area (Å²) >= 11 is 6.16. The maximum Gasteiger partial charge on any atom is 0.425 e. The van der Waals surface area contributed by atoms with E-state index in [0.717, 1.165) is 10.1 Å². The minimum absolute atomic E-state index is 0.0520. The van der Waals surface area contributed by atoms with Gasteiger partial charge in [-0.05, 0) is 120 Å². The van der Waals surface area contributed by atoms with Gasteiger partial charge in [0.1, 0.15) is 33.7 Å². The monoisotopic (exact) mass is 711 g/mol.